The summed E-state index contributed by atoms with van der Waals surface area (Å²) in [7, 11) is 0. The van der Waals surface area contributed by atoms with Crippen molar-refractivity contribution in [2.24, 2.45) is 0 Å². The number of aryl methyl sites for hydroxylation is 2. The van der Waals surface area contributed by atoms with E-state index in [4.69, 9.17) is 11.6 Å². The first-order chi connectivity index (χ1) is 10.2. The second kappa shape index (κ2) is 4.70. The Morgan fingerprint density at radius 3 is 2.90 bits per heavy atom. The molecule has 6 heteroatoms. The summed E-state index contributed by atoms with van der Waals surface area (Å²) < 4.78 is 1.49. The molecule has 2 aromatic heterocycles. The number of aromatic nitrogens is 4. The van der Waals surface area contributed by atoms with E-state index in [1.807, 2.05) is 12.1 Å². The Balaban J connectivity index is 2.00. The molecule has 1 aliphatic carbocycles. The first kappa shape index (κ1) is 12.6. The lowest BCUT2D eigenvalue weighted by Crippen LogP contribution is -2.15. The SMILES string of the molecule is O=c1c2nnc3c(c2[nH]n1-c1cccc(Cl)c1)CCCC3. The van der Waals surface area contributed by atoms with Gasteiger partial charge in [-0.15, -0.1) is 5.10 Å². The molecule has 106 valence electrons. The third kappa shape index (κ3) is 1.96. The van der Waals surface area contributed by atoms with Crippen molar-refractivity contribution in [3.8, 4) is 5.69 Å². The quantitative estimate of drug-likeness (QED) is 0.751. The third-order valence-electron chi connectivity index (χ3n) is 3.94. The number of H-pyrrole nitrogens is 1. The van der Waals surface area contributed by atoms with Gasteiger partial charge < -0.3 is 0 Å². The topological polar surface area (TPSA) is 63.6 Å². The molecule has 0 radical (unpaired) electrons. The number of benzene rings is 1. The molecule has 4 rings (SSSR count). The van der Waals surface area contributed by atoms with Gasteiger partial charge in [0.25, 0.3) is 5.56 Å². The number of hydrogen-bond donors (Lipinski definition) is 1. The Morgan fingerprint density at radius 1 is 1.19 bits per heavy atom. The molecule has 0 saturated heterocycles. The van der Waals surface area contributed by atoms with Crippen molar-refractivity contribution in [1.29, 1.82) is 0 Å². The van der Waals surface area contributed by atoms with Gasteiger partial charge in [0.2, 0.25) is 0 Å². The van der Waals surface area contributed by atoms with Crippen LogP contribution in [-0.4, -0.2) is 20.0 Å². The molecule has 0 saturated carbocycles. The number of hydrogen-bond acceptors (Lipinski definition) is 3. The van der Waals surface area contributed by atoms with Crippen LogP contribution in [0.1, 0.15) is 24.1 Å². The van der Waals surface area contributed by atoms with E-state index >= 15 is 0 Å². The molecule has 3 aromatic rings. The van der Waals surface area contributed by atoms with Crippen LogP contribution in [0.15, 0.2) is 29.1 Å². The van der Waals surface area contributed by atoms with E-state index in [0.29, 0.717) is 16.2 Å². The molecule has 0 amide bonds. The van der Waals surface area contributed by atoms with Gasteiger partial charge in [-0.2, -0.15) is 5.10 Å². The monoisotopic (exact) mass is 300 g/mol. The number of halogens is 1. The second-order valence-corrected chi connectivity index (χ2v) is 5.72. The fourth-order valence-electron chi connectivity index (χ4n) is 2.91. The van der Waals surface area contributed by atoms with Crippen LogP contribution in [0.2, 0.25) is 5.02 Å². The van der Waals surface area contributed by atoms with Crippen molar-refractivity contribution in [3.63, 3.8) is 0 Å². The van der Waals surface area contributed by atoms with Crippen molar-refractivity contribution in [3.05, 3.63) is 50.9 Å². The highest BCUT2D eigenvalue weighted by Gasteiger charge is 2.19. The Kier molecular flexibility index (Phi) is 2.82. The lowest BCUT2D eigenvalue weighted by molar-refractivity contribution is 0.661. The first-order valence-electron chi connectivity index (χ1n) is 6.99. The van der Waals surface area contributed by atoms with Gasteiger partial charge in [-0.1, -0.05) is 17.7 Å². The van der Waals surface area contributed by atoms with E-state index in [2.05, 4.69) is 15.3 Å². The molecule has 0 fully saturated rings. The van der Waals surface area contributed by atoms with Gasteiger partial charge >= 0.3 is 0 Å². The van der Waals surface area contributed by atoms with E-state index in [-0.39, 0.29) is 5.56 Å². The highest BCUT2D eigenvalue weighted by atomic mass is 35.5. The van der Waals surface area contributed by atoms with E-state index in [1.165, 1.54) is 4.68 Å². The number of rotatable bonds is 1. The van der Waals surface area contributed by atoms with E-state index < -0.39 is 0 Å². The summed E-state index contributed by atoms with van der Waals surface area (Å²) >= 11 is 6.00. The number of nitrogens with one attached hydrogen (secondary N) is 1. The molecule has 0 atom stereocenters. The van der Waals surface area contributed by atoms with Crippen molar-refractivity contribution >= 4 is 22.6 Å². The van der Waals surface area contributed by atoms with Gasteiger partial charge in [-0.3, -0.25) is 9.89 Å². The molecular formula is C15H13ClN4O. The molecule has 1 N–H and O–H groups in total. The molecule has 5 nitrogen and oxygen atoms in total. The molecule has 21 heavy (non-hydrogen) atoms. The van der Waals surface area contributed by atoms with Crippen LogP contribution in [0.3, 0.4) is 0 Å². The Labute approximate surface area is 125 Å². The first-order valence-corrected chi connectivity index (χ1v) is 7.37. The van der Waals surface area contributed by atoms with Crippen molar-refractivity contribution in [2.45, 2.75) is 25.7 Å². The lowest BCUT2D eigenvalue weighted by atomic mass is 9.96. The van der Waals surface area contributed by atoms with Crippen LogP contribution in [0, 0.1) is 0 Å². The number of nitrogens with zero attached hydrogens (tertiary/aromatic N) is 3. The minimum absolute atomic E-state index is 0.187. The molecule has 2 heterocycles. The minimum Gasteiger partial charge on any atom is -0.288 e. The Bertz CT molecular complexity index is 896. The standard InChI is InChI=1S/C15H13ClN4O/c16-9-4-3-5-10(8-9)20-15(21)14-13(19-20)11-6-1-2-7-12(11)17-18-14/h3-5,8,19H,1-2,6-7H2. The zero-order valence-corrected chi connectivity index (χ0v) is 12.0. The third-order valence-corrected chi connectivity index (χ3v) is 4.18. The average Bonchev–Trinajstić information content (AvgIpc) is 2.85. The summed E-state index contributed by atoms with van der Waals surface area (Å²) in [6.45, 7) is 0. The molecular weight excluding hydrogens is 288 g/mol. The smallest absolute Gasteiger partial charge is 0.288 e. The summed E-state index contributed by atoms with van der Waals surface area (Å²) in [5.74, 6) is 0. The minimum atomic E-state index is -0.187. The van der Waals surface area contributed by atoms with Gasteiger partial charge in [0, 0.05) is 10.6 Å². The van der Waals surface area contributed by atoms with E-state index in [1.54, 1.807) is 12.1 Å². The normalized spacial score (nSPS) is 14.3. The zero-order valence-electron chi connectivity index (χ0n) is 11.3. The molecule has 0 spiro atoms. The summed E-state index contributed by atoms with van der Waals surface area (Å²) in [5, 5.41) is 12.1. The average molecular weight is 301 g/mol. The fourth-order valence-corrected chi connectivity index (χ4v) is 3.09. The van der Waals surface area contributed by atoms with Gasteiger partial charge in [0.15, 0.2) is 5.52 Å². The predicted molar refractivity (Wildman–Crippen MR) is 81.1 cm³/mol. The summed E-state index contributed by atoms with van der Waals surface area (Å²) in [4.78, 5) is 12.5. The number of aromatic amines is 1. The van der Waals surface area contributed by atoms with Crippen molar-refractivity contribution in [2.75, 3.05) is 0 Å². The second-order valence-electron chi connectivity index (χ2n) is 5.29. The maximum absolute atomic E-state index is 12.5. The Morgan fingerprint density at radius 2 is 2.05 bits per heavy atom. The highest BCUT2D eigenvalue weighted by Crippen LogP contribution is 2.24. The Hall–Kier alpha value is -2.14. The molecule has 1 aromatic carbocycles. The maximum atomic E-state index is 12.5. The fraction of sp³-hybridized carbons (Fsp3) is 0.267. The van der Waals surface area contributed by atoms with Gasteiger partial charge in [-0.05, 0) is 43.9 Å². The van der Waals surface area contributed by atoms with Gasteiger partial charge in [0.1, 0.15) is 0 Å². The van der Waals surface area contributed by atoms with Crippen molar-refractivity contribution in [1.82, 2.24) is 20.0 Å². The summed E-state index contributed by atoms with van der Waals surface area (Å²) in [6.07, 6.45) is 4.13. The van der Waals surface area contributed by atoms with Crippen LogP contribution in [0.5, 0.6) is 0 Å². The molecule has 1 aliphatic rings. The maximum Gasteiger partial charge on any atom is 0.299 e. The summed E-state index contributed by atoms with van der Waals surface area (Å²) in [6, 6.07) is 7.18. The van der Waals surface area contributed by atoms with E-state index in [0.717, 1.165) is 42.5 Å². The summed E-state index contributed by atoms with van der Waals surface area (Å²) in [5.41, 5.74) is 3.86. The molecule has 0 bridgehead atoms. The zero-order chi connectivity index (χ0) is 14.4. The van der Waals surface area contributed by atoms with E-state index in [9.17, 15) is 4.79 Å². The van der Waals surface area contributed by atoms with Crippen LogP contribution in [0.4, 0.5) is 0 Å². The lowest BCUT2D eigenvalue weighted by Gasteiger charge is -2.13. The van der Waals surface area contributed by atoms with Gasteiger partial charge in [-0.25, -0.2) is 4.68 Å². The largest absolute Gasteiger partial charge is 0.299 e. The van der Waals surface area contributed by atoms with Crippen LogP contribution >= 0.6 is 11.6 Å². The van der Waals surface area contributed by atoms with Crippen LogP contribution in [0.25, 0.3) is 16.7 Å². The van der Waals surface area contributed by atoms with Crippen LogP contribution < -0.4 is 5.56 Å². The van der Waals surface area contributed by atoms with Crippen molar-refractivity contribution < 1.29 is 0 Å². The van der Waals surface area contributed by atoms with Gasteiger partial charge in [0.05, 0.1) is 16.9 Å². The number of fused-ring (bicyclic) bond motifs is 3. The highest BCUT2D eigenvalue weighted by molar-refractivity contribution is 6.30. The molecule has 0 aliphatic heterocycles. The van der Waals surface area contributed by atoms with Crippen LogP contribution in [-0.2, 0) is 12.8 Å². The molecule has 0 unspecified atom stereocenters. The predicted octanol–water partition coefficient (Wildman–Crippen LogP) is 2.64.